The van der Waals surface area contributed by atoms with Gasteiger partial charge in [-0.15, -0.1) is 0 Å². The van der Waals surface area contributed by atoms with Crippen LogP contribution in [-0.4, -0.2) is 32.2 Å². The summed E-state index contributed by atoms with van der Waals surface area (Å²) in [7, 11) is 3.11. The molecule has 0 heterocycles. The molecular weight excluding hydrogens is 407 g/mol. The zero-order chi connectivity index (χ0) is 23.3. The van der Waals surface area contributed by atoms with Crippen molar-refractivity contribution >= 4 is 17.2 Å². The van der Waals surface area contributed by atoms with Crippen molar-refractivity contribution in [3.05, 3.63) is 47.8 Å². The molecule has 0 unspecified atom stereocenters. The van der Waals surface area contributed by atoms with Crippen LogP contribution in [0.2, 0.25) is 0 Å². The van der Waals surface area contributed by atoms with Gasteiger partial charge in [0.2, 0.25) is 5.91 Å². The number of ether oxygens (including phenoxy) is 2. The minimum atomic E-state index is -0.355. The SMILES string of the molecule is COc1cc(-c2ccc(NC(C)C)cc2F)c(OC)cc1/C(C)=C/C(=O)NC1CCCC1. The van der Waals surface area contributed by atoms with Crippen molar-refractivity contribution in [1.82, 2.24) is 5.32 Å². The van der Waals surface area contributed by atoms with Crippen LogP contribution in [-0.2, 0) is 4.79 Å². The molecule has 6 heteroatoms. The van der Waals surface area contributed by atoms with Crippen LogP contribution in [0.5, 0.6) is 11.5 Å². The highest BCUT2D eigenvalue weighted by molar-refractivity contribution is 5.96. The Balaban J connectivity index is 1.94. The molecule has 0 bridgehead atoms. The minimum Gasteiger partial charge on any atom is -0.496 e. The summed E-state index contributed by atoms with van der Waals surface area (Å²) < 4.78 is 26.1. The lowest BCUT2D eigenvalue weighted by Crippen LogP contribution is -2.31. The summed E-state index contributed by atoms with van der Waals surface area (Å²) in [4.78, 5) is 12.5. The maximum Gasteiger partial charge on any atom is 0.244 e. The molecular formula is C26H33FN2O3. The molecule has 0 aliphatic heterocycles. The highest BCUT2D eigenvalue weighted by Crippen LogP contribution is 2.40. The normalized spacial score (nSPS) is 14.5. The van der Waals surface area contributed by atoms with Gasteiger partial charge < -0.3 is 20.1 Å². The summed E-state index contributed by atoms with van der Waals surface area (Å²) in [6.07, 6.45) is 5.96. The van der Waals surface area contributed by atoms with Crippen molar-refractivity contribution in [1.29, 1.82) is 0 Å². The second kappa shape index (κ2) is 10.5. The maximum absolute atomic E-state index is 15.0. The number of allylic oxidation sites excluding steroid dienone is 1. The van der Waals surface area contributed by atoms with E-state index in [9.17, 15) is 9.18 Å². The van der Waals surface area contributed by atoms with Gasteiger partial charge in [0.1, 0.15) is 17.3 Å². The molecule has 2 aromatic rings. The van der Waals surface area contributed by atoms with E-state index < -0.39 is 0 Å². The fourth-order valence-corrected chi connectivity index (χ4v) is 4.16. The first-order chi connectivity index (χ1) is 15.3. The molecule has 0 spiro atoms. The van der Waals surface area contributed by atoms with Crippen molar-refractivity contribution < 1.29 is 18.7 Å². The molecule has 1 fully saturated rings. The lowest BCUT2D eigenvalue weighted by molar-refractivity contribution is -0.117. The van der Waals surface area contributed by atoms with E-state index in [4.69, 9.17) is 9.47 Å². The van der Waals surface area contributed by atoms with E-state index >= 15 is 0 Å². The maximum atomic E-state index is 15.0. The molecule has 2 aromatic carbocycles. The molecule has 0 atom stereocenters. The van der Waals surface area contributed by atoms with Gasteiger partial charge in [-0.25, -0.2) is 4.39 Å². The molecule has 1 saturated carbocycles. The second-order valence-corrected chi connectivity index (χ2v) is 8.56. The van der Waals surface area contributed by atoms with Crippen LogP contribution >= 0.6 is 0 Å². The third-order valence-corrected chi connectivity index (χ3v) is 5.71. The Bertz CT molecular complexity index is 995. The summed E-state index contributed by atoms with van der Waals surface area (Å²) in [6.45, 7) is 5.86. The second-order valence-electron chi connectivity index (χ2n) is 8.56. The molecule has 172 valence electrons. The van der Waals surface area contributed by atoms with E-state index in [2.05, 4.69) is 10.6 Å². The van der Waals surface area contributed by atoms with Crippen LogP contribution < -0.4 is 20.1 Å². The van der Waals surface area contributed by atoms with Gasteiger partial charge in [-0.05, 0) is 69.5 Å². The monoisotopic (exact) mass is 440 g/mol. The number of amides is 1. The molecule has 5 nitrogen and oxygen atoms in total. The van der Waals surface area contributed by atoms with Gasteiger partial charge in [0.05, 0.1) is 14.2 Å². The predicted octanol–water partition coefficient (Wildman–Crippen LogP) is 5.79. The average Bonchev–Trinajstić information content (AvgIpc) is 3.25. The highest BCUT2D eigenvalue weighted by atomic mass is 19.1. The molecule has 1 aliphatic rings. The van der Waals surface area contributed by atoms with Crippen molar-refractivity contribution in [3.63, 3.8) is 0 Å². The van der Waals surface area contributed by atoms with Crippen LogP contribution in [0.15, 0.2) is 36.4 Å². The Hall–Kier alpha value is -3.02. The van der Waals surface area contributed by atoms with E-state index in [1.54, 1.807) is 38.5 Å². The van der Waals surface area contributed by atoms with Crippen LogP contribution in [0.25, 0.3) is 16.7 Å². The third kappa shape index (κ3) is 5.61. The number of methoxy groups -OCH3 is 2. The Morgan fingerprint density at radius 1 is 1.06 bits per heavy atom. The summed E-state index contributed by atoms with van der Waals surface area (Å²) in [5.41, 5.74) is 3.20. The van der Waals surface area contributed by atoms with Gasteiger partial charge in [-0.1, -0.05) is 12.8 Å². The van der Waals surface area contributed by atoms with Crippen molar-refractivity contribution in [2.45, 2.75) is 58.5 Å². The predicted molar refractivity (Wildman–Crippen MR) is 128 cm³/mol. The first-order valence-corrected chi connectivity index (χ1v) is 11.1. The number of rotatable bonds is 8. The molecule has 1 aliphatic carbocycles. The van der Waals surface area contributed by atoms with Gasteiger partial charge in [-0.2, -0.15) is 0 Å². The quantitative estimate of drug-likeness (QED) is 0.510. The first kappa shape index (κ1) is 23.6. The van der Waals surface area contributed by atoms with E-state index in [0.29, 0.717) is 22.6 Å². The molecule has 0 saturated heterocycles. The van der Waals surface area contributed by atoms with Gasteiger partial charge in [0, 0.05) is 40.5 Å². The summed E-state index contributed by atoms with van der Waals surface area (Å²) >= 11 is 0. The van der Waals surface area contributed by atoms with Gasteiger partial charge in [0.25, 0.3) is 0 Å². The first-order valence-electron chi connectivity index (χ1n) is 11.1. The smallest absolute Gasteiger partial charge is 0.244 e. The highest BCUT2D eigenvalue weighted by Gasteiger charge is 2.19. The number of benzene rings is 2. The van der Waals surface area contributed by atoms with Crippen molar-refractivity contribution in [2.75, 3.05) is 19.5 Å². The summed E-state index contributed by atoms with van der Waals surface area (Å²) in [5.74, 6) is 0.589. The van der Waals surface area contributed by atoms with E-state index in [1.807, 2.05) is 26.8 Å². The van der Waals surface area contributed by atoms with Crippen LogP contribution in [0.3, 0.4) is 0 Å². The van der Waals surface area contributed by atoms with Crippen LogP contribution in [0.4, 0.5) is 10.1 Å². The number of carbonyl (C=O) groups is 1. The van der Waals surface area contributed by atoms with Crippen LogP contribution in [0.1, 0.15) is 52.0 Å². The van der Waals surface area contributed by atoms with Gasteiger partial charge in [-0.3, -0.25) is 4.79 Å². The number of hydrogen-bond donors (Lipinski definition) is 2. The molecule has 2 N–H and O–H groups in total. The number of halogens is 1. The molecule has 0 radical (unpaired) electrons. The number of nitrogens with one attached hydrogen (secondary N) is 2. The largest absolute Gasteiger partial charge is 0.496 e. The molecule has 3 rings (SSSR count). The van der Waals surface area contributed by atoms with E-state index in [-0.39, 0.29) is 23.8 Å². The van der Waals surface area contributed by atoms with Gasteiger partial charge >= 0.3 is 0 Å². The molecule has 0 aromatic heterocycles. The Morgan fingerprint density at radius 3 is 2.34 bits per heavy atom. The fourth-order valence-electron chi connectivity index (χ4n) is 4.16. The van der Waals surface area contributed by atoms with Gasteiger partial charge in [0.15, 0.2) is 0 Å². The lowest BCUT2D eigenvalue weighted by atomic mass is 9.97. The summed E-state index contributed by atoms with van der Waals surface area (Å²) in [6, 6.07) is 9.06. The van der Waals surface area contributed by atoms with Crippen molar-refractivity contribution in [3.8, 4) is 22.6 Å². The minimum absolute atomic E-state index is 0.112. The topological polar surface area (TPSA) is 59.6 Å². The van der Waals surface area contributed by atoms with Crippen LogP contribution in [0, 0.1) is 5.82 Å². The average molecular weight is 441 g/mol. The molecule has 1 amide bonds. The lowest BCUT2D eigenvalue weighted by Gasteiger charge is -2.17. The summed E-state index contributed by atoms with van der Waals surface area (Å²) in [5, 5.41) is 6.27. The Morgan fingerprint density at radius 2 is 1.75 bits per heavy atom. The van der Waals surface area contributed by atoms with Crippen molar-refractivity contribution in [2.24, 2.45) is 0 Å². The third-order valence-electron chi connectivity index (χ3n) is 5.71. The Labute approximate surface area is 190 Å². The number of carbonyl (C=O) groups excluding carboxylic acids is 1. The fraction of sp³-hybridized carbons (Fsp3) is 0.423. The Kier molecular flexibility index (Phi) is 7.78. The number of anilines is 1. The molecule has 32 heavy (non-hydrogen) atoms. The van der Waals surface area contributed by atoms with E-state index in [1.165, 1.54) is 6.07 Å². The zero-order valence-corrected chi connectivity index (χ0v) is 19.5. The standard InChI is InChI=1S/C26H33FN2O3/c1-16(2)28-19-10-11-20(23(27)13-19)22-15-24(31-4)21(14-25(22)32-5)17(3)12-26(30)29-18-8-6-7-9-18/h10-16,18,28H,6-9H2,1-5H3,(H,29,30)/b17-12+. The zero-order valence-electron chi connectivity index (χ0n) is 19.5. The van der Waals surface area contributed by atoms with E-state index in [0.717, 1.165) is 42.5 Å². The number of hydrogen-bond acceptors (Lipinski definition) is 4.